The summed E-state index contributed by atoms with van der Waals surface area (Å²) < 4.78 is 5.59. The molecule has 0 saturated heterocycles. The average molecular weight is 489 g/mol. The van der Waals surface area contributed by atoms with Gasteiger partial charge in [-0.15, -0.1) is 0 Å². The van der Waals surface area contributed by atoms with Crippen LogP contribution in [0.25, 0.3) is 11.3 Å². The molecular formula is C27H32N6O3. The van der Waals surface area contributed by atoms with Crippen molar-refractivity contribution in [2.24, 2.45) is 0 Å². The Kier molecular flexibility index (Phi) is 6.67. The van der Waals surface area contributed by atoms with Crippen LogP contribution < -0.4 is 15.5 Å². The molecule has 2 amide bonds. The van der Waals surface area contributed by atoms with Crippen molar-refractivity contribution in [3.63, 3.8) is 0 Å². The van der Waals surface area contributed by atoms with E-state index >= 15 is 0 Å². The van der Waals surface area contributed by atoms with Crippen molar-refractivity contribution in [3.8, 4) is 11.3 Å². The smallest absolute Gasteiger partial charge is 0.416 e. The van der Waals surface area contributed by atoms with Crippen molar-refractivity contribution in [2.75, 3.05) is 16.8 Å². The molecule has 0 atom stereocenters. The first-order valence-corrected chi connectivity index (χ1v) is 11.9. The van der Waals surface area contributed by atoms with E-state index in [0.29, 0.717) is 30.5 Å². The average Bonchev–Trinajstić information content (AvgIpc) is 3.07. The summed E-state index contributed by atoms with van der Waals surface area (Å²) in [4.78, 5) is 39.3. The fraction of sp³-hybridized carbons (Fsp3) is 0.370. The molecule has 9 heteroatoms. The number of aromatic nitrogens is 3. The summed E-state index contributed by atoms with van der Waals surface area (Å²) in [6.07, 6.45) is 3.01. The first-order chi connectivity index (χ1) is 16.9. The third-order valence-corrected chi connectivity index (χ3v) is 5.69. The maximum atomic E-state index is 12.8. The number of hydrogen-bond donors (Lipinski definition) is 2. The Labute approximate surface area is 211 Å². The first kappa shape index (κ1) is 25.1. The zero-order valence-electron chi connectivity index (χ0n) is 21.5. The largest absolute Gasteiger partial charge is 0.443 e. The zero-order valence-corrected chi connectivity index (χ0v) is 21.5. The van der Waals surface area contributed by atoms with Gasteiger partial charge in [-0.25, -0.2) is 19.7 Å². The van der Waals surface area contributed by atoms with Gasteiger partial charge in [-0.3, -0.25) is 9.69 Å². The van der Waals surface area contributed by atoms with Crippen LogP contribution in [0.15, 0.2) is 48.8 Å². The quantitative estimate of drug-likeness (QED) is 0.523. The van der Waals surface area contributed by atoms with Gasteiger partial charge in [0.2, 0.25) is 11.9 Å². The lowest BCUT2D eigenvalue weighted by atomic mass is 9.87. The highest BCUT2D eigenvalue weighted by Gasteiger charge is 2.41. The highest BCUT2D eigenvalue weighted by molar-refractivity contribution is 5.90. The van der Waals surface area contributed by atoms with Gasteiger partial charge in [-0.1, -0.05) is 26.0 Å². The van der Waals surface area contributed by atoms with Crippen LogP contribution >= 0.6 is 0 Å². The summed E-state index contributed by atoms with van der Waals surface area (Å²) in [5.74, 6) is 0.977. The lowest BCUT2D eigenvalue weighted by Gasteiger charge is -2.25. The number of nitrogens with zero attached hydrogens (tertiary/aromatic N) is 4. The van der Waals surface area contributed by atoms with E-state index in [-0.39, 0.29) is 11.3 Å². The standard InChI is InChI=1S/C27H32N6O3/c1-17(34)29-14-18-8-7-9-20(12-18)31-24-28-11-10-22(32-24)19-13-21-23(30-15-19)33(16-27(21,5)6)25(35)36-26(2,3)4/h7-13,15H,14,16H2,1-6H3,(H,29,34)(H,28,31,32). The normalized spacial score (nSPS) is 14.2. The molecule has 9 nitrogen and oxygen atoms in total. The molecule has 4 rings (SSSR count). The molecule has 1 aliphatic heterocycles. The molecule has 0 radical (unpaired) electrons. The SMILES string of the molecule is CC(=O)NCc1cccc(Nc2nccc(-c3cnc4c(c3)C(C)(C)CN4C(=O)OC(C)(C)C)n2)c1. The van der Waals surface area contributed by atoms with Gasteiger partial charge in [-0.05, 0) is 50.6 Å². The molecule has 2 N–H and O–H groups in total. The summed E-state index contributed by atoms with van der Waals surface area (Å²) in [6, 6.07) is 11.6. The number of fused-ring (bicyclic) bond motifs is 1. The van der Waals surface area contributed by atoms with Crippen molar-refractivity contribution in [1.29, 1.82) is 0 Å². The van der Waals surface area contributed by atoms with Gasteiger partial charge in [0.05, 0.1) is 5.69 Å². The fourth-order valence-corrected chi connectivity index (χ4v) is 4.03. The van der Waals surface area contributed by atoms with Gasteiger partial charge < -0.3 is 15.4 Å². The second-order valence-electron chi connectivity index (χ2n) is 10.5. The number of ether oxygens (including phenoxy) is 1. The van der Waals surface area contributed by atoms with E-state index in [1.54, 1.807) is 17.3 Å². The molecule has 3 heterocycles. The minimum atomic E-state index is -0.586. The minimum Gasteiger partial charge on any atom is -0.443 e. The summed E-state index contributed by atoms with van der Waals surface area (Å²) in [5.41, 5.74) is 3.41. The monoisotopic (exact) mass is 488 g/mol. The molecule has 36 heavy (non-hydrogen) atoms. The van der Waals surface area contributed by atoms with Crippen molar-refractivity contribution in [3.05, 3.63) is 59.9 Å². The lowest BCUT2D eigenvalue weighted by Crippen LogP contribution is -2.38. The molecule has 0 fully saturated rings. The fourth-order valence-electron chi connectivity index (χ4n) is 4.03. The predicted molar refractivity (Wildman–Crippen MR) is 139 cm³/mol. The molecule has 0 bridgehead atoms. The Bertz CT molecular complexity index is 1300. The molecule has 1 aromatic carbocycles. The number of pyridine rings is 1. The van der Waals surface area contributed by atoms with E-state index in [4.69, 9.17) is 4.74 Å². The lowest BCUT2D eigenvalue weighted by molar-refractivity contribution is -0.119. The van der Waals surface area contributed by atoms with E-state index in [9.17, 15) is 9.59 Å². The molecule has 0 aliphatic carbocycles. The maximum absolute atomic E-state index is 12.8. The Morgan fingerprint density at radius 3 is 2.64 bits per heavy atom. The molecule has 0 spiro atoms. The van der Waals surface area contributed by atoms with E-state index in [1.807, 2.05) is 57.2 Å². The Hall–Kier alpha value is -4.01. The number of nitrogens with one attached hydrogen (secondary N) is 2. The van der Waals surface area contributed by atoms with Crippen LogP contribution in [-0.4, -0.2) is 39.1 Å². The number of amides is 2. The maximum Gasteiger partial charge on any atom is 0.416 e. The number of rotatable bonds is 5. The summed E-state index contributed by atoms with van der Waals surface area (Å²) in [6.45, 7) is 12.1. The van der Waals surface area contributed by atoms with E-state index in [1.165, 1.54) is 6.92 Å². The third-order valence-electron chi connectivity index (χ3n) is 5.69. The molecule has 0 unspecified atom stereocenters. The number of benzene rings is 1. The van der Waals surface area contributed by atoms with Crippen molar-refractivity contribution >= 4 is 29.5 Å². The molecule has 1 aliphatic rings. The topological polar surface area (TPSA) is 109 Å². The minimum absolute atomic E-state index is 0.0789. The number of anilines is 3. The summed E-state index contributed by atoms with van der Waals surface area (Å²) in [5, 5.41) is 6.02. The second kappa shape index (κ2) is 9.56. The van der Waals surface area contributed by atoms with Crippen LogP contribution in [0.4, 0.5) is 22.2 Å². The van der Waals surface area contributed by atoms with Crippen LogP contribution in [0.5, 0.6) is 0 Å². The zero-order chi connectivity index (χ0) is 26.1. The van der Waals surface area contributed by atoms with Gasteiger partial charge in [-0.2, -0.15) is 0 Å². The van der Waals surface area contributed by atoms with Crippen LogP contribution in [0, 0.1) is 0 Å². The molecular weight excluding hydrogens is 456 g/mol. The van der Waals surface area contributed by atoms with Gasteiger partial charge in [0.15, 0.2) is 0 Å². The number of carbonyl (C=O) groups excluding carboxylic acids is 2. The number of hydrogen-bond acceptors (Lipinski definition) is 7. The molecule has 3 aromatic rings. The van der Waals surface area contributed by atoms with Crippen LogP contribution in [-0.2, 0) is 21.5 Å². The van der Waals surface area contributed by atoms with Gasteiger partial charge in [0, 0.05) is 54.6 Å². The molecule has 2 aromatic heterocycles. The van der Waals surface area contributed by atoms with Crippen LogP contribution in [0.2, 0.25) is 0 Å². The highest BCUT2D eigenvalue weighted by Crippen LogP contribution is 2.41. The Morgan fingerprint density at radius 2 is 1.92 bits per heavy atom. The highest BCUT2D eigenvalue weighted by atomic mass is 16.6. The number of carbonyl (C=O) groups is 2. The van der Waals surface area contributed by atoms with Gasteiger partial charge in [0.25, 0.3) is 0 Å². The molecule has 0 saturated carbocycles. The van der Waals surface area contributed by atoms with Crippen molar-refractivity contribution in [2.45, 2.75) is 59.1 Å². The van der Waals surface area contributed by atoms with Crippen LogP contribution in [0.1, 0.15) is 52.7 Å². The summed E-state index contributed by atoms with van der Waals surface area (Å²) in [7, 11) is 0. The van der Waals surface area contributed by atoms with Crippen molar-refractivity contribution < 1.29 is 14.3 Å². The second-order valence-corrected chi connectivity index (χ2v) is 10.5. The van der Waals surface area contributed by atoms with Crippen molar-refractivity contribution in [1.82, 2.24) is 20.3 Å². The van der Waals surface area contributed by atoms with E-state index in [2.05, 4.69) is 39.4 Å². The predicted octanol–water partition coefficient (Wildman–Crippen LogP) is 4.95. The van der Waals surface area contributed by atoms with Gasteiger partial charge in [0.1, 0.15) is 11.4 Å². The van der Waals surface area contributed by atoms with E-state index in [0.717, 1.165) is 22.4 Å². The van der Waals surface area contributed by atoms with E-state index < -0.39 is 11.7 Å². The Balaban J connectivity index is 1.57. The first-order valence-electron chi connectivity index (χ1n) is 11.9. The van der Waals surface area contributed by atoms with Crippen LogP contribution in [0.3, 0.4) is 0 Å². The molecule has 188 valence electrons. The Morgan fingerprint density at radius 1 is 1.14 bits per heavy atom. The summed E-state index contributed by atoms with van der Waals surface area (Å²) >= 11 is 0. The van der Waals surface area contributed by atoms with Gasteiger partial charge >= 0.3 is 6.09 Å². The third kappa shape index (κ3) is 5.79.